The summed E-state index contributed by atoms with van der Waals surface area (Å²) in [5, 5.41) is 13.3. The molecule has 0 amide bonds. The number of hydrogen-bond donors (Lipinski definition) is 2. The molecule has 0 saturated carbocycles. The summed E-state index contributed by atoms with van der Waals surface area (Å²) in [6.45, 7) is 12.5. The summed E-state index contributed by atoms with van der Waals surface area (Å²) in [6.07, 6.45) is -0.478. The SMILES string of the molecule is Cc1cccc(C)c1OCC(O)CNCC(C)C(C)C. The Morgan fingerprint density at radius 3 is 2.25 bits per heavy atom. The van der Waals surface area contributed by atoms with Gasteiger partial charge >= 0.3 is 0 Å². The van der Waals surface area contributed by atoms with E-state index in [-0.39, 0.29) is 0 Å². The first-order valence-corrected chi connectivity index (χ1v) is 7.49. The fraction of sp³-hybridized carbons (Fsp3) is 0.647. The van der Waals surface area contributed by atoms with E-state index in [1.54, 1.807) is 0 Å². The molecule has 0 heterocycles. The molecule has 0 aliphatic carbocycles. The first-order valence-electron chi connectivity index (χ1n) is 7.49. The number of ether oxygens (including phenoxy) is 1. The number of aryl methyl sites for hydroxylation is 2. The van der Waals surface area contributed by atoms with Crippen LogP contribution in [0, 0.1) is 25.7 Å². The second kappa shape index (κ2) is 8.28. The normalized spacial score (nSPS) is 14.3. The van der Waals surface area contributed by atoms with Crippen LogP contribution in [0.25, 0.3) is 0 Å². The summed E-state index contributed by atoms with van der Waals surface area (Å²) in [7, 11) is 0. The molecule has 20 heavy (non-hydrogen) atoms. The van der Waals surface area contributed by atoms with Gasteiger partial charge in [0, 0.05) is 6.54 Å². The van der Waals surface area contributed by atoms with E-state index in [1.807, 2.05) is 32.0 Å². The van der Waals surface area contributed by atoms with Crippen molar-refractivity contribution in [3.05, 3.63) is 29.3 Å². The maximum Gasteiger partial charge on any atom is 0.125 e. The van der Waals surface area contributed by atoms with Gasteiger partial charge in [0.15, 0.2) is 0 Å². The van der Waals surface area contributed by atoms with Crippen LogP contribution >= 0.6 is 0 Å². The molecular weight excluding hydrogens is 250 g/mol. The minimum atomic E-state index is -0.478. The highest BCUT2D eigenvalue weighted by molar-refractivity contribution is 5.39. The quantitative estimate of drug-likeness (QED) is 0.769. The first-order chi connectivity index (χ1) is 9.41. The van der Waals surface area contributed by atoms with E-state index in [4.69, 9.17) is 4.74 Å². The summed E-state index contributed by atoms with van der Waals surface area (Å²) >= 11 is 0. The third-order valence-corrected chi connectivity index (χ3v) is 3.81. The Hall–Kier alpha value is -1.06. The largest absolute Gasteiger partial charge is 0.490 e. The van der Waals surface area contributed by atoms with Crippen LogP contribution in [0.3, 0.4) is 0 Å². The van der Waals surface area contributed by atoms with E-state index in [0.717, 1.165) is 23.4 Å². The summed E-state index contributed by atoms with van der Waals surface area (Å²) in [6, 6.07) is 6.07. The summed E-state index contributed by atoms with van der Waals surface area (Å²) in [5.74, 6) is 2.16. The van der Waals surface area contributed by atoms with Gasteiger partial charge < -0.3 is 15.2 Å². The number of para-hydroxylation sites is 1. The Balaban J connectivity index is 2.31. The molecule has 0 spiro atoms. The minimum Gasteiger partial charge on any atom is -0.490 e. The third kappa shape index (κ3) is 5.51. The average molecular weight is 279 g/mol. The zero-order valence-corrected chi connectivity index (χ0v) is 13.4. The molecule has 2 unspecified atom stereocenters. The fourth-order valence-corrected chi connectivity index (χ4v) is 1.98. The van der Waals surface area contributed by atoms with Gasteiger partial charge in [0.2, 0.25) is 0 Å². The van der Waals surface area contributed by atoms with Gasteiger partial charge in [0.25, 0.3) is 0 Å². The molecule has 0 aliphatic rings. The van der Waals surface area contributed by atoms with Crippen LogP contribution in [0.5, 0.6) is 5.75 Å². The van der Waals surface area contributed by atoms with Crippen LogP contribution in [0.4, 0.5) is 0 Å². The zero-order valence-electron chi connectivity index (χ0n) is 13.4. The molecule has 0 fully saturated rings. The van der Waals surface area contributed by atoms with Crippen molar-refractivity contribution < 1.29 is 9.84 Å². The summed E-state index contributed by atoms with van der Waals surface area (Å²) in [5.41, 5.74) is 2.22. The maximum atomic E-state index is 9.96. The Morgan fingerprint density at radius 2 is 1.70 bits per heavy atom. The zero-order chi connectivity index (χ0) is 15.1. The molecule has 1 rings (SSSR count). The maximum absolute atomic E-state index is 9.96. The molecule has 0 bridgehead atoms. The molecule has 0 radical (unpaired) electrons. The monoisotopic (exact) mass is 279 g/mol. The topological polar surface area (TPSA) is 41.5 Å². The number of nitrogens with one attached hydrogen (secondary N) is 1. The first kappa shape index (κ1) is 17.0. The van der Waals surface area contributed by atoms with Crippen molar-refractivity contribution in [3.8, 4) is 5.75 Å². The van der Waals surface area contributed by atoms with E-state index >= 15 is 0 Å². The van der Waals surface area contributed by atoms with Gasteiger partial charge in [-0.05, 0) is 43.4 Å². The Kier molecular flexibility index (Phi) is 7.03. The Morgan fingerprint density at radius 1 is 1.10 bits per heavy atom. The summed E-state index contributed by atoms with van der Waals surface area (Å²) in [4.78, 5) is 0. The highest BCUT2D eigenvalue weighted by Gasteiger charge is 2.10. The highest BCUT2D eigenvalue weighted by Crippen LogP contribution is 2.22. The smallest absolute Gasteiger partial charge is 0.125 e. The van der Waals surface area contributed by atoms with Gasteiger partial charge in [-0.25, -0.2) is 0 Å². The predicted octanol–water partition coefficient (Wildman–Crippen LogP) is 2.92. The lowest BCUT2D eigenvalue weighted by Crippen LogP contribution is -2.34. The number of aliphatic hydroxyl groups is 1. The standard InChI is InChI=1S/C17H29NO2/c1-12(2)15(5)9-18-10-16(19)11-20-17-13(3)7-6-8-14(17)4/h6-8,12,15-16,18-19H,9-11H2,1-5H3. The lowest BCUT2D eigenvalue weighted by Gasteiger charge is -2.19. The van der Waals surface area contributed by atoms with Gasteiger partial charge in [0.1, 0.15) is 18.5 Å². The van der Waals surface area contributed by atoms with Crippen LogP contribution in [-0.4, -0.2) is 30.9 Å². The predicted molar refractivity (Wildman–Crippen MR) is 84.3 cm³/mol. The van der Waals surface area contributed by atoms with Gasteiger partial charge in [-0.1, -0.05) is 39.0 Å². The van der Waals surface area contributed by atoms with E-state index in [2.05, 4.69) is 26.1 Å². The lowest BCUT2D eigenvalue weighted by atomic mass is 9.98. The Labute approximate surface area is 123 Å². The molecule has 2 N–H and O–H groups in total. The molecule has 114 valence electrons. The fourth-order valence-electron chi connectivity index (χ4n) is 1.98. The molecule has 0 aliphatic heterocycles. The lowest BCUT2D eigenvalue weighted by molar-refractivity contribution is 0.104. The van der Waals surface area contributed by atoms with Crippen molar-refractivity contribution in [2.45, 2.75) is 40.7 Å². The van der Waals surface area contributed by atoms with Gasteiger partial charge in [-0.2, -0.15) is 0 Å². The molecule has 0 saturated heterocycles. The summed E-state index contributed by atoms with van der Waals surface area (Å²) < 4.78 is 5.74. The van der Waals surface area contributed by atoms with E-state index in [1.165, 1.54) is 0 Å². The average Bonchev–Trinajstić information content (AvgIpc) is 2.37. The highest BCUT2D eigenvalue weighted by atomic mass is 16.5. The number of aliphatic hydroxyl groups excluding tert-OH is 1. The van der Waals surface area contributed by atoms with Crippen LogP contribution in [0.2, 0.25) is 0 Å². The van der Waals surface area contributed by atoms with Crippen molar-refractivity contribution in [2.75, 3.05) is 19.7 Å². The second-order valence-corrected chi connectivity index (χ2v) is 6.07. The Bertz CT molecular complexity index is 384. The van der Waals surface area contributed by atoms with Crippen molar-refractivity contribution in [1.82, 2.24) is 5.32 Å². The van der Waals surface area contributed by atoms with Crippen molar-refractivity contribution in [3.63, 3.8) is 0 Å². The van der Waals surface area contributed by atoms with Crippen molar-refractivity contribution >= 4 is 0 Å². The van der Waals surface area contributed by atoms with Crippen LogP contribution in [0.15, 0.2) is 18.2 Å². The van der Waals surface area contributed by atoms with Gasteiger partial charge in [0.05, 0.1) is 0 Å². The van der Waals surface area contributed by atoms with Crippen LogP contribution in [0.1, 0.15) is 31.9 Å². The molecule has 3 nitrogen and oxygen atoms in total. The molecule has 0 aromatic heterocycles. The van der Waals surface area contributed by atoms with E-state index < -0.39 is 6.10 Å². The number of benzene rings is 1. The third-order valence-electron chi connectivity index (χ3n) is 3.81. The molecule has 1 aromatic rings. The molecule has 1 aromatic carbocycles. The minimum absolute atomic E-state index is 0.328. The second-order valence-electron chi connectivity index (χ2n) is 6.07. The van der Waals surface area contributed by atoms with E-state index in [0.29, 0.717) is 25.0 Å². The number of rotatable bonds is 8. The van der Waals surface area contributed by atoms with Crippen LogP contribution in [-0.2, 0) is 0 Å². The van der Waals surface area contributed by atoms with Gasteiger partial charge in [-0.3, -0.25) is 0 Å². The molecular formula is C17H29NO2. The number of hydrogen-bond acceptors (Lipinski definition) is 3. The molecule has 3 heteroatoms. The van der Waals surface area contributed by atoms with Crippen molar-refractivity contribution in [2.24, 2.45) is 11.8 Å². The molecule has 2 atom stereocenters. The van der Waals surface area contributed by atoms with Gasteiger partial charge in [-0.15, -0.1) is 0 Å². The van der Waals surface area contributed by atoms with Crippen molar-refractivity contribution in [1.29, 1.82) is 0 Å². The van der Waals surface area contributed by atoms with E-state index in [9.17, 15) is 5.11 Å². The van der Waals surface area contributed by atoms with Crippen LogP contribution < -0.4 is 10.1 Å².